The number of nitrogens with one attached hydrogen (secondary N) is 2. The van der Waals surface area contributed by atoms with Gasteiger partial charge in [0.05, 0.1) is 29.2 Å². The number of hydrogen-bond donors (Lipinski definition) is 3. The zero-order valence-corrected chi connectivity index (χ0v) is 22.2. The van der Waals surface area contributed by atoms with Gasteiger partial charge in [-0.25, -0.2) is 17.9 Å². The Labute approximate surface area is 215 Å². The fourth-order valence-electron chi connectivity index (χ4n) is 3.90. The number of hydrogen-bond acceptors (Lipinski definition) is 7. The van der Waals surface area contributed by atoms with Crippen molar-refractivity contribution in [2.45, 2.75) is 44.8 Å². The molecule has 0 bridgehead atoms. The number of rotatable bonds is 7. The second kappa shape index (κ2) is 10.2. The maximum Gasteiger partial charge on any atom is 0.256 e. The maximum atomic E-state index is 13.3. The first kappa shape index (κ1) is 27.0. The fourth-order valence-corrected chi connectivity index (χ4v) is 4.65. The normalized spacial score (nSPS) is 18.3. The first-order valence-electron chi connectivity index (χ1n) is 10.8. The first-order valence-corrected chi connectivity index (χ1v) is 13.1. The van der Waals surface area contributed by atoms with Gasteiger partial charge in [0.1, 0.15) is 5.82 Å². The van der Waals surface area contributed by atoms with E-state index in [0.29, 0.717) is 22.4 Å². The highest BCUT2D eigenvalue weighted by Crippen LogP contribution is 2.28. The smallest absolute Gasteiger partial charge is 0.256 e. The van der Waals surface area contributed by atoms with E-state index in [1.54, 1.807) is 11.6 Å². The fraction of sp³-hybridized carbons (Fsp3) is 0.409. The third-order valence-electron chi connectivity index (χ3n) is 6.00. The Morgan fingerprint density at radius 2 is 2.00 bits per heavy atom. The minimum Gasteiger partial charge on any atom is -0.367 e. The molecule has 1 saturated carbocycles. The van der Waals surface area contributed by atoms with Crippen molar-refractivity contribution >= 4 is 57.1 Å². The van der Waals surface area contributed by atoms with E-state index >= 15 is 0 Å². The van der Waals surface area contributed by atoms with Crippen LogP contribution in [0.2, 0.25) is 5.02 Å². The third kappa shape index (κ3) is 5.97. The Hall–Kier alpha value is -2.60. The number of fused-ring (bicyclic) bond motifs is 1. The predicted octanol–water partition coefficient (Wildman–Crippen LogP) is 3.22. The number of aromatic nitrogens is 3. The number of nitrogens with two attached hydrogens (primary N) is 1. The summed E-state index contributed by atoms with van der Waals surface area (Å²) in [5.41, 5.74) is 8.44. The number of amides is 1. The van der Waals surface area contributed by atoms with Crippen molar-refractivity contribution in [1.29, 1.82) is 0 Å². The molecular formula is C22H29Cl2N7O3S. The molecule has 2 aromatic heterocycles. The van der Waals surface area contributed by atoms with Gasteiger partial charge < -0.3 is 16.0 Å². The summed E-state index contributed by atoms with van der Waals surface area (Å²) >= 11 is 6.09. The molecule has 1 aliphatic rings. The van der Waals surface area contributed by atoms with Crippen LogP contribution in [0.25, 0.3) is 5.65 Å². The van der Waals surface area contributed by atoms with Gasteiger partial charge in [0.2, 0.25) is 10.0 Å². The Morgan fingerprint density at radius 1 is 1.31 bits per heavy atom. The van der Waals surface area contributed by atoms with Crippen molar-refractivity contribution in [3.8, 4) is 0 Å². The SMILES string of the molecule is Cc1cn2nc([C@H](C)N(C)C(=O)c3cc(Cl)ccc3NS(C)(=O)=O)cc2nc1NC1CC(N)C1.Cl. The molecule has 1 aromatic carbocycles. The van der Waals surface area contributed by atoms with E-state index in [4.69, 9.17) is 22.3 Å². The topological polar surface area (TPSA) is 135 Å². The van der Waals surface area contributed by atoms with Gasteiger partial charge in [-0.1, -0.05) is 11.6 Å². The number of carbonyl (C=O) groups is 1. The summed E-state index contributed by atoms with van der Waals surface area (Å²) in [6.45, 7) is 3.80. The van der Waals surface area contributed by atoms with Crippen LogP contribution in [0.3, 0.4) is 0 Å². The summed E-state index contributed by atoms with van der Waals surface area (Å²) in [7, 11) is -1.95. The van der Waals surface area contributed by atoms with Crippen LogP contribution in [0.5, 0.6) is 0 Å². The molecular weight excluding hydrogens is 513 g/mol. The molecule has 4 rings (SSSR count). The zero-order valence-electron chi connectivity index (χ0n) is 19.8. The van der Waals surface area contributed by atoms with Gasteiger partial charge in [-0.3, -0.25) is 9.52 Å². The molecule has 13 heteroatoms. The average Bonchev–Trinajstić information content (AvgIpc) is 3.14. The summed E-state index contributed by atoms with van der Waals surface area (Å²) in [6, 6.07) is 6.41. The molecule has 0 spiro atoms. The molecule has 35 heavy (non-hydrogen) atoms. The number of halogens is 2. The first-order chi connectivity index (χ1) is 15.9. The summed E-state index contributed by atoms with van der Waals surface area (Å²) in [5.74, 6) is 0.398. The van der Waals surface area contributed by atoms with Crippen LogP contribution in [-0.4, -0.2) is 59.2 Å². The Morgan fingerprint density at radius 3 is 2.63 bits per heavy atom. The number of sulfonamides is 1. The Balaban J connectivity index is 0.00000342. The molecule has 3 aromatic rings. The van der Waals surface area contributed by atoms with Crippen molar-refractivity contribution in [3.63, 3.8) is 0 Å². The van der Waals surface area contributed by atoms with Crippen LogP contribution in [0.1, 0.15) is 47.4 Å². The van der Waals surface area contributed by atoms with Gasteiger partial charge >= 0.3 is 0 Å². The van der Waals surface area contributed by atoms with Gasteiger partial charge in [0, 0.05) is 42.0 Å². The van der Waals surface area contributed by atoms with E-state index in [1.165, 1.54) is 23.1 Å². The second-order valence-electron chi connectivity index (χ2n) is 8.87. The van der Waals surface area contributed by atoms with Gasteiger partial charge in [-0.2, -0.15) is 5.10 Å². The van der Waals surface area contributed by atoms with Gasteiger partial charge in [0.15, 0.2) is 5.65 Å². The van der Waals surface area contributed by atoms with Crippen LogP contribution in [0, 0.1) is 6.92 Å². The molecule has 1 aliphatic carbocycles. The molecule has 4 N–H and O–H groups in total. The van der Waals surface area contributed by atoms with Crippen LogP contribution >= 0.6 is 24.0 Å². The number of benzene rings is 1. The highest BCUT2D eigenvalue weighted by molar-refractivity contribution is 7.92. The van der Waals surface area contributed by atoms with Crippen LogP contribution in [-0.2, 0) is 10.0 Å². The molecule has 1 atom stereocenters. The summed E-state index contributed by atoms with van der Waals surface area (Å²) in [6.07, 6.45) is 4.75. The van der Waals surface area contributed by atoms with Crippen LogP contribution < -0.4 is 15.8 Å². The standard InChI is InChI=1S/C22H28ClN7O3S.ClH/c1-12-11-30-20(26-21(12)25-16-8-15(24)9-16)10-19(27-30)13(2)29(3)22(31)17-7-14(23)5-6-18(17)28-34(4,32)33;/h5-7,10-11,13,15-16,28H,8-9,24H2,1-4H3,(H,25,26);1H/t13-,15?,16?;/m0./s1. The Kier molecular flexibility index (Phi) is 7.85. The van der Waals surface area contributed by atoms with Crippen molar-refractivity contribution < 1.29 is 13.2 Å². The zero-order chi connectivity index (χ0) is 24.8. The molecule has 2 heterocycles. The monoisotopic (exact) mass is 541 g/mol. The second-order valence-corrected chi connectivity index (χ2v) is 11.1. The largest absolute Gasteiger partial charge is 0.367 e. The minimum atomic E-state index is -3.58. The average molecular weight is 542 g/mol. The van der Waals surface area contributed by atoms with E-state index in [1.807, 2.05) is 26.1 Å². The van der Waals surface area contributed by atoms with Crippen molar-refractivity contribution in [2.24, 2.45) is 5.73 Å². The van der Waals surface area contributed by atoms with E-state index < -0.39 is 22.0 Å². The number of anilines is 2. The Bertz CT molecular complexity index is 1360. The van der Waals surface area contributed by atoms with Gasteiger partial charge in [-0.05, 0) is 44.9 Å². The van der Waals surface area contributed by atoms with E-state index in [2.05, 4.69) is 15.1 Å². The van der Waals surface area contributed by atoms with Gasteiger partial charge in [0.25, 0.3) is 5.91 Å². The molecule has 0 unspecified atom stereocenters. The highest BCUT2D eigenvalue weighted by Gasteiger charge is 2.27. The van der Waals surface area contributed by atoms with Crippen LogP contribution in [0.4, 0.5) is 11.5 Å². The highest BCUT2D eigenvalue weighted by atomic mass is 35.5. The van der Waals surface area contributed by atoms with Gasteiger partial charge in [-0.15, -0.1) is 12.4 Å². The molecule has 0 saturated heterocycles. The van der Waals surface area contributed by atoms with E-state index in [9.17, 15) is 13.2 Å². The molecule has 1 amide bonds. The molecule has 190 valence electrons. The van der Waals surface area contributed by atoms with Crippen molar-refractivity contribution in [1.82, 2.24) is 19.5 Å². The number of carbonyl (C=O) groups excluding carboxylic acids is 1. The lowest BCUT2D eigenvalue weighted by molar-refractivity contribution is 0.0740. The minimum absolute atomic E-state index is 0. The van der Waals surface area contributed by atoms with E-state index in [0.717, 1.165) is 30.5 Å². The lowest BCUT2D eigenvalue weighted by Gasteiger charge is -2.33. The summed E-state index contributed by atoms with van der Waals surface area (Å²) in [4.78, 5) is 19.5. The summed E-state index contributed by atoms with van der Waals surface area (Å²) < 4.78 is 27.6. The quantitative estimate of drug-likeness (QED) is 0.417. The van der Waals surface area contributed by atoms with Crippen molar-refractivity contribution in [3.05, 3.63) is 52.3 Å². The molecule has 1 fully saturated rings. The van der Waals surface area contributed by atoms with Crippen molar-refractivity contribution in [2.75, 3.05) is 23.3 Å². The summed E-state index contributed by atoms with van der Waals surface area (Å²) in [5, 5.41) is 8.37. The van der Waals surface area contributed by atoms with Crippen LogP contribution in [0.15, 0.2) is 30.5 Å². The lowest BCUT2D eigenvalue weighted by atomic mass is 9.87. The molecule has 0 aliphatic heterocycles. The molecule has 0 radical (unpaired) electrons. The number of aryl methyl sites for hydroxylation is 1. The number of nitrogens with zero attached hydrogens (tertiary/aromatic N) is 4. The maximum absolute atomic E-state index is 13.3. The molecule has 10 nitrogen and oxygen atoms in total. The van der Waals surface area contributed by atoms with E-state index in [-0.39, 0.29) is 29.7 Å². The predicted molar refractivity (Wildman–Crippen MR) is 140 cm³/mol. The lowest BCUT2D eigenvalue weighted by Crippen LogP contribution is -2.44. The third-order valence-corrected chi connectivity index (χ3v) is 6.83.